The lowest BCUT2D eigenvalue weighted by molar-refractivity contribution is -0.167. The largest absolute Gasteiger partial charge is 0.471 e. The Hall–Kier alpha value is -4.13. The number of alkyl halides is 3. The highest BCUT2D eigenvalue weighted by Crippen LogP contribution is 2.31. The lowest BCUT2D eigenvalue weighted by Gasteiger charge is -2.15. The number of hydrogen-bond donors (Lipinski definition) is 2. The molecule has 0 spiro atoms. The number of carbonyl (C=O) groups excluding carboxylic acids is 1. The van der Waals surface area contributed by atoms with Gasteiger partial charge in [-0.3, -0.25) is 4.79 Å². The van der Waals surface area contributed by atoms with E-state index in [2.05, 4.69) is 15.3 Å². The highest BCUT2D eigenvalue weighted by Gasteiger charge is 2.39. The first-order valence-corrected chi connectivity index (χ1v) is 9.35. The zero-order valence-corrected chi connectivity index (χ0v) is 17.3. The van der Waals surface area contributed by atoms with Gasteiger partial charge >= 0.3 is 18.1 Å². The molecular formula is C22H18F3N5O2. The maximum absolute atomic E-state index is 12.7. The zero-order chi connectivity index (χ0) is 23.5. The third-order valence-corrected chi connectivity index (χ3v) is 4.35. The van der Waals surface area contributed by atoms with Crippen LogP contribution in [0.25, 0.3) is 0 Å². The molecule has 0 saturated heterocycles. The van der Waals surface area contributed by atoms with Crippen molar-refractivity contribution in [2.45, 2.75) is 26.9 Å². The first-order chi connectivity index (χ1) is 15.1. The molecule has 3 aromatic rings. The van der Waals surface area contributed by atoms with E-state index in [1.807, 2.05) is 39.0 Å². The Bertz CT molecular complexity index is 1180. The molecule has 0 bridgehead atoms. The molecule has 0 aliphatic heterocycles. The zero-order valence-electron chi connectivity index (χ0n) is 17.3. The van der Waals surface area contributed by atoms with E-state index in [0.717, 1.165) is 22.9 Å². The predicted octanol–water partition coefficient (Wildman–Crippen LogP) is 5.31. The van der Waals surface area contributed by atoms with Gasteiger partial charge in [-0.1, -0.05) is 17.7 Å². The molecule has 1 aromatic heterocycles. The number of nitriles is 1. The summed E-state index contributed by atoms with van der Waals surface area (Å²) in [6, 6.07) is 11.8. The van der Waals surface area contributed by atoms with Crippen LogP contribution in [0.3, 0.4) is 0 Å². The van der Waals surface area contributed by atoms with Crippen molar-refractivity contribution in [1.29, 1.82) is 5.26 Å². The molecule has 0 aliphatic carbocycles. The van der Waals surface area contributed by atoms with Crippen LogP contribution >= 0.6 is 0 Å². The Kier molecular flexibility index (Phi) is 6.30. The van der Waals surface area contributed by atoms with Gasteiger partial charge in [0.05, 0.1) is 17.8 Å². The SMILES string of the molecule is Cc1cc(C)c(Oc2ncc(NC(=O)C(F)(F)F)c(Nc3ccc(C#N)cc3)n2)c(C)c1. The number of halogens is 3. The van der Waals surface area contributed by atoms with E-state index in [1.54, 1.807) is 17.4 Å². The van der Waals surface area contributed by atoms with Crippen LogP contribution in [0.1, 0.15) is 22.3 Å². The van der Waals surface area contributed by atoms with Gasteiger partial charge in [0, 0.05) is 5.69 Å². The third kappa shape index (κ3) is 5.31. The monoisotopic (exact) mass is 441 g/mol. The second-order valence-electron chi connectivity index (χ2n) is 7.01. The minimum absolute atomic E-state index is 0.111. The predicted molar refractivity (Wildman–Crippen MR) is 112 cm³/mol. The minimum Gasteiger partial charge on any atom is -0.424 e. The van der Waals surface area contributed by atoms with Crippen molar-refractivity contribution in [3.05, 3.63) is 64.8 Å². The molecule has 0 fully saturated rings. The Balaban J connectivity index is 1.97. The molecular weight excluding hydrogens is 423 g/mol. The number of nitrogens with zero attached hydrogens (tertiary/aromatic N) is 3. The minimum atomic E-state index is -5.09. The van der Waals surface area contributed by atoms with Crippen LogP contribution in [0.5, 0.6) is 11.8 Å². The van der Waals surface area contributed by atoms with Gasteiger partial charge in [0.1, 0.15) is 11.4 Å². The number of benzene rings is 2. The van der Waals surface area contributed by atoms with Crippen molar-refractivity contribution in [3.8, 4) is 17.8 Å². The number of ether oxygens (including phenoxy) is 1. The van der Waals surface area contributed by atoms with E-state index in [1.165, 1.54) is 12.1 Å². The maximum atomic E-state index is 12.7. The Morgan fingerprint density at radius 3 is 2.28 bits per heavy atom. The third-order valence-electron chi connectivity index (χ3n) is 4.35. The Labute approximate surface area is 181 Å². The first-order valence-electron chi connectivity index (χ1n) is 9.35. The summed E-state index contributed by atoms with van der Waals surface area (Å²) in [5.74, 6) is -1.76. The van der Waals surface area contributed by atoms with Gasteiger partial charge in [0.15, 0.2) is 5.82 Å². The molecule has 2 aromatic carbocycles. The highest BCUT2D eigenvalue weighted by molar-refractivity contribution is 5.97. The van der Waals surface area contributed by atoms with Crippen LogP contribution in [-0.2, 0) is 4.79 Å². The summed E-state index contributed by atoms with van der Waals surface area (Å²) in [6.45, 7) is 5.64. The summed E-state index contributed by atoms with van der Waals surface area (Å²) in [5.41, 5.74) is 3.25. The molecule has 32 heavy (non-hydrogen) atoms. The summed E-state index contributed by atoms with van der Waals surface area (Å²) in [6.07, 6.45) is -4.06. The van der Waals surface area contributed by atoms with E-state index in [-0.39, 0.29) is 17.5 Å². The van der Waals surface area contributed by atoms with Crippen LogP contribution < -0.4 is 15.4 Å². The number of aromatic nitrogens is 2. The van der Waals surface area contributed by atoms with Gasteiger partial charge in [0.2, 0.25) is 0 Å². The second kappa shape index (κ2) is 8.93. The Morgan fingerprint density at radius 2 is 1.72 bits per heavy atom. The molecule has 3 rings (SSSR count). The number of hydrogen-bond acceptors (Lipinski definition) is 6. The normalized spacial score (nSPS) is 10.9. The van der Waals surface area contributed by atoms with Crippen LogP contribution in [0.4, 0.5) is 30.4 Å². The standard InChI is InChI=1S/C22H18F3N5O2/c1-12-8-13(2)18(14(3)9-12)32-21-27-11-17(29-20(31)22(23,24)25)19(30-21)28-16-6-4-15(10-26)5-7-16/h4-9,11H,1-3H3,(H,29,31)(H,27,28,30). The second-order valence-corrected chi connectivity index (χ2v) is 7.01. The number of aryl methyl sites for hydroxylation is 3. The summed E-state index contributed by atoms with van der Waals surface area (Å²) in [4.78, 5) is 19.5. The van der Waals surface area contributed by atoms with E-state index < -0.39 is 12.1 Å². The van der Waals surface area contributed by atoms with Crippen molar-refractivity contribution >= 4 is 23.1 Å². The van der Waals surface area contributed by atoms with Gasteiger partial charge in [-0.15, -0.1) is 0 Å². The van der Waals surface area contributed by atoms with Gasteiger partial charge < -0.3 is 15.4 Å². The van der Waals surface area contributed by atoms with Crippen LogP contribution in [0.2, 0.25) is 0 Å². The number of carbonyl (C=O) groups is 1. The lowest BCUT2D eigenvalue weighted by Crippen LogP contribution is -2.30. The number of anilines is 3. The number of amides is 1. The maximum Gasteiger partial charge on any atom is 0.471 e. The molecule has 7 nitrogen and oxygen atoms in total. The van der Waals surface area contributed by atoms with E-state index >= 15 is 0 Å². The fraction of sp³-hybridized carbons (Fsp3) is 0.182. The van der Waals surface area contributed by atoms with Crippen LogP contribution in [0.15, 0.2) is 42.6 Å². The van der Waals surface area contributed by atoms with E-state index in [9.17, 15) is 18.0 Å². The summed E-state index contributed by atoms with van der Waals surface area (Å²) in [5, 5.41) is 13.5. The van der Waals surface area contributed by atoms with E-state index in [4.69, 9.17) is 10.00 Å². The first kappa shape index (κ1) is 22.6. The van der Waals surface area contributed by atoms with Crippen molar-refractivity contribution in [1.82, 2.24) is 9.97 Å². The van der Waals surface area contributed by atoms with Crippen LogP contribution in [-0.4, -0.2) is 22.1 Å². The summed E-state index contributed by atoms with van der Waals surface area (Å²) >= 11 is 0. The summed E-state index contributed by atoms with van der Waals surface area (Å²) < 4.78 is 44.0. The van der Waals surface area contributed by atoms with Gasteiger partial charge in [0.25, 0.3) is 0 Å². The molecule has 0 radical (unpaired) electrons. The molecule has 164 valence electrons. The van der Waals surface area contributed by atoms with Crippen molar-refractivity contribution in [2.24, 2.45) is 0 Å². The topological polar surface area (TPSA) is 99.9 Å². The van der Waals surface area contributed by atoms with Crippen molar-refractivity contribution < 1.29 is 22.7 Å². The molecule has 0 aliphatic rings. The number of rotatable bonds is 5. The molecule has 0 atom stereocenters. The fourth-order valence-electron chi connectivity index (χ4n) is 2.98. The quantitative estimate of drug-likeness (QED) is 0.557. The van der Waals surface area contributed by atoms with Crippen LogP contribution in [0, 0.1) is 32.1 Å². The summed E-state index contributed by atoms with van der Waals surface area (Å²) in [7, 11) is 0. The molecule has 1 amide bonds. The average molecular weight is 441 g/mol. The van der Waals surface area contributed by atoms with Crippen molar-refractivity contribution in [3.63, 3.8) is 0 Å². The smallest absolute Gasteiger partial charge is 0.424 e. The highest BCUT2D eigenvalue weighted by atomic mass is 19.4. The average Bonchev–Trinajstić information content (AvgIpc) is 2.72. The fourth-order valence-corrected chi connectivity index (χ4v) is 2.98. The molecule has 0 unspecified atom stereocenters. The molecule has 2 N–H and O–H groups in total. The number of nitrogens with one attached hydrogen (secondary N) is 2. The lowest BCUT2D eigenvalue weighted by atomic mass is 10.1. The van der Waals surface area contributed by atoms with Crippen molar-refractivity contribution in [2.75, 3.05) is 10.6 Å². The Morgan fingerprint density at radius 1 is 1.09 bits per heavy atom. The molecule has 0 saturated carbocycles. The molecule has 10 heteroatoms. The van der Waals surface area contributed by atoms with E-state index in [0.29, 0.717) is 17.0 Å². The molecule has 1 heterocycles. The van der Waals surface area contributed by atoms with Gasteiger partial charge in [-0.25, -0.2) is 4.98 Å². The van der Waals surface area contributed by atoms with Gasteiger partial charge in [-0.2, -0.15) is 23.4 Å². The van der Waals surface area contributed by atoms with Gasteiger partial charge in [-0.05, 0) is 56.2 Å².